The van der Waals surface area contributed by atoms with E-state index in [1.807, 2.05) is 0 Å². The second-order valence-corrected chi connectivity index (χ2v) is 4.53. The standard InChI is InChI=1S/C10H7F5INO/c11-5-1-2-6(7(16)3-5)8(18)17-4-10(14,15)9(12)13/h1-3,9H,4H2,(H,17,18). The lowest BCUT2D eigenvalue weighted by Crippen LogP contribution is -2.41. The first-order valence-electron chi connectivity index (χ1n) is 4.63. The number of carbonyl (C=O) groups is 1. The number of hydrogen-bond donors (Lipinski definition) is 1. The second kappa shape index (κ2) is 5.81. The van der Waals surface area contributed by atoms with Gasteiger partial charge in [-0.1, -0.05) is 0 Å². The van der Waals surface area contributed by atoms with Gasteiger partial charge < -0.3 is 5.32 Å². The van der Waals surface area contributed by atoms with Crippen molar-refractivity contribution in [1.82, 2.24) is 5.32 Å². The van der Waals surface area contributed by atoms with Crippen LogP contribution in [0.15, 0.2) is 18.2 Å². The Morgan fingerprint density at radius 1 is 1.39 bits per heavy atom. The minimum absolute atomic E-state index is 0.0536. The van der Waals surface area contributed by atoms with Crippen molar-refractivity contribution in [3.05, 3.63) is 33.1 Å². The van der Waals surface area contributed by atoms with Crippen LogP contribution in [0, 0.1) is 9.39 Å². The molecule has 0 heterocycles. The summed E-state index contributed by atoms with van der Waals surface area (Å²) in [5.41, 5.74) is -0.0536. The van der Waals surface area contributed by atoms with Crippen LogP contribution < -0.4 is 5.32 Å². The van der Waals surface area contributed by atoms with E-state index in [1.165, 1.54) is 0 Å². The van der Waals surface area contributed by atoms with Crippen LogP contribution in [0.1, 0.15) is 10.4 Å². The second-order valence-electron chi connectivity index (χ2n) is 3.37. The number of benzene rings is 1. The highest BCUT2D eigenvalue weighted by Gasteiger charge is 2.40. The number of nitrogens with one attached hydrogen (secondary N) is 1. The van der Waals surface area contributed by atoms with Crippen molar-refractivity contribution in [2.24, 2.45) is 0 Å². The summed E-state index contributed by atoms with van der Waals surface area (Å²) in [6.07, 6.45) is -3.86. The molecule has 0 aromatic heterocycles. The van der Waals surface area contributed by atoms with Crippen LogP contribution in [-0.4, -0.2) is 24.8 Å². The molecule has 0 radical (unpaired) electrons. The van der Waals surface area contributed by atoms with Crippen molar-refractivity contribution >= 4 is 28.5 Å². The normalized spacial score (nSPS) is 11.7. The molecule has 0 saturated carbocycles. The van der Waals surface area contributed by atoms with E-state index in [9.17, 15) is 26.7 Å². The fourth-order valence-corrected chi connectivity index (χ4v) is 1.77. The van der Waals surface area contributed by atoms with E-state index >= 15 is 0 Å². The van der Waals surface area contributed by atoms with Gasteiger partial charge in [0, 0.05) is 3.57 Å². The predicted molar refractivity (Wildman–Crippen MR) is 62.4 cm³/mol. The lowest BCUT2D eigenvalue weighted by atomic mass is 10.2. The van der Waals surface area contributed by atoms with Crippen molar-refractivity contribution in [2.75, 3.05) is 6.54 Å². The lowest BCUT2D eigenvalue weighted by molar-refractivity contribution is -0.123. The third-order valence-corrected chi connectivity index (χ3v) is 2.87. The molecule has 100 valence electrons. The highest BCUT2D eigenvalue weighted by atomic mass is 127. The minimum atomic E-state index is -4.29. The molecule has 1 N–H and O–H groups in total. The Balaban J connectivity index is 2.72. The average Bonchev–Trinajstić information content (AvgIpc) is 2.25. The van der Waals surface area contributed by atoms with Crippen molar-refractivity contribution in [3.63, 3.8) is 0 Å². The van der Waals surface area contributed by atoms with Crippen molar-refractivity contribution in [2.45, 2.75) is 12.3 Å². The number of halogens is 6. The quantitative estimate of drug-likeness (QED) is 0.633. The van der Waals surface area contributed by atoms with E-state index in [-0.39, 0.29) is 9.13 Å². The molecule has 0 saturated heterocycles. The Labute approximate surface area is 113 Å². The van der Waals surface area contributed by atoms with Crippen LogP contribution in [0.2, 0.25) is 0 Å². The maximum Gasteiger partial charge on any atom is 0.324 e. The van der Waals surface area contributed by atoms with Crippen LogP contribution in [0.3, 0.4) is 0 Å². The summed E-state index contributed by atoms with van der Waals surface area (Å²) in [7, 11) is 0. The fourth-order valence-electron chi connectivity index (χ4n) is 1.04. The summed E-state index contributed by atoms with van der Waals surface area (Å²) >= 11 is 1.64. The molecule has 18 heavy (non-hydrogen) atoms. The zero-order valence-electron chi connectivity index (χ0n) is 8.69. The molecule has 2 nitrogen and oxygen atoms in total. The Bertz CT molecular complexity index is 452. The Kier molecular flexibility index (Phi) is 4.88. The molecule has 1 aromatic rings. The van der Waals surface area contributed by atoms with Gasteiger partial charge in [-0.15, -0.1) is 0 Å². The highest BCUT2D eigenvalue weighted by molar-refractivity contribution is 14.1. The molecule has 1 rings (SSSR count). The molecule has 0 spiro atoms. The summed E-state index contributed by atoms with van der Waals surface area (Å²) in [5.74, 6) is -5.84. The van der Waals surface area contributed by atoms with Crippen molar-refractivity contribution in [3.8, 4) is 0 Å². The van der Waals surface area contributed by atoms with Crippen LogP contribution in [0.25, 0.3) is 0 Å². The maximum atomic E-state index is 12.7. The van der Waals surface area contributed by atoms with Gasteiger partial charge >= 0.3 is 12.3 Å². The topological polar surface area (TPSA) is 29.1 Å². The number of carbonyl (C=O) groups excluding carboxylic acids is 1. The molecule has 0 aliphatic rings. The molecular weight excluding hydrogens is 372 g/mol. The number of rotatable bonds is 4. The molecule has 0 aliphatic carbocycles. The Morgan fingerprint density at radius 2 is 2.00 bits per heavy atom. The van der Waals surface area contributed by atoms with Gasteiger partial charge in [0.05, 0.1) is 12.1 Å². The Morgan fingerprint density at radius 3 is 2.50 bits per heavy atom. The summed E-state index contributed by atoms with van der Waals surface area (Å²) in [5, 5.41) is 1.68. The van der Waals surface area contributed by atoms with E-state index in [0.717, 1.165) is 18.2 Å². The summed E-state index contributed by atoms with van der Waals surface area (Å²) in [4.78, 5) is 11.4. The molecule has 1 amide bonds. The zero-order valence-corrected chi connectivity index (χ0v) is 10.9. The number of alkyl halides is 4. The van der Waals surface area contributed by atoms with E-state index in [1.54, 1.807) is 27.9 Å². The van der Waals surface area contributed by atoms with Crippen molar-refractivity contribution in [1.29, 1.82) is 0 Å². The van der Waals surface area contributed by atoms with Gasteiger partial charge in [0.1, 0.15) is 5.82 Å². The Hall–Kier alpha value is -0.930. The monoisotopic (exact) mass is 379 g/mol. The highest BCUT2D eigenvalue weighted by Crippen LogP contribution is 2.22. The smallest absolute Gasteiger partial charge is 0.324 e. The molecule has 8 heteroatoms. The summed E-state index contributed by atoms with van der Waals surface area (Å²) in [6.45, 7) is -1.48. The van der Waals surface area contributed by atoms with Crippen LogP contribution in [0.5, 0.6) is 0 Å². The third kappa shape index (κ3) is 3.79. The summed E-state index contributed by atoms with van der Waals surface area (Å²) < 4.78 is 61.7. The van der Waals surface area contributed by atoms with Gasteiger partial charge in [0.25, 0.3) is 5.91 Å². The van der Waals surface area contributed by atoms with E-state index in [0.29, 0.717) is 0 Å². The van der Waals surface area contributed by atoms with Crippen LogP contribution >= 0.6 is 22.6 Å². The lowest BCUT2D eigenvalue weighted by Gasteiger charge is -2.16. The van der Waals surface area contributed by atoms with Gasteiger partial charge in [-0.2, -0.15) is 8.78 Å². The zero-order chi connectivity index (χ0) is 13.9. The van der Waals surface area contributed by atoms with E-state index in [2.05, 4.69) is 0 Å². The summed E-state index contributed by atoms with van der Waals surface area (Å²) in [6, 6.07) is 3.09. The number of hydrogen-bond acceptors (Lipinski definition) is 1. The predicted octanol–water partition coefficient (Wildman–Crippen LogP) is 3.06. The first-order valence-corrected chi connectivity index (χ1v) is 5.71. The van der Waals surface area contributed by atoms with Crippen LogP contribution in [0.4, 0.5) is 22.0 Å². The third-order valence-electron chi connectivity index (χ3n) is 1.98. The van der Waals surface area contributed by atoms with E-state index in [4.69, 9.17) is 0 Å². The largest absolute Gasteiger partial charge is 0.346 e. The minimum Gasteiger partial charge on any atom is -0.346 e. The first kappa shape index (κ1) is 15.1. The van der Waals surface area contributed by atoms with Crippen LogP contribution in [-0.2, 0) is 0 Å². The van der Waals surface area contributed by atoms with Gasteiger partial charge in [-0.25, -0.2) is 13.2 Å². The van der Waals surface area contributed by atoms with E-state index < -0.39 is 30.6 Å². The average molecular weight is 379 g/mol. The molecule has 0 fully saturated rings. The number of amides is 1. The molecule has 0 bridgehead atoms. The van der Waals surface area contributed by atoms with Gasteiger partial charge in [-0.05, 0) is 40.8 Å². The molecule has 0 unspecified atom stereocenters. The van der Waals surface area contributed by atoms with Gasteiger partial charge in [0.15, 0.2) is 0 Å². The first-order chi connectivity index (χ1) is 8.24. The fraction of sp³-hybridized carbons (Fsp3) is 0.300. The van der Waals surface area contributed by atoms with Gasteiger partial charge in [-0.3, -0.25) is 4.79 Å². The SMILES string of the molecule is O=C(NCC(F)(F)C(F)F)c1ccc(F)cc1I. The maximum absolute atomic E-state index is 12.7. The molecule has 1 aromatic carbocycles. The molecular formula is C10H7F5INO. The molecule has 0 atom stereocenters. The van der Waals surface area contributed by atoms with Crippen molar-refractivity contribution < 1.29 is 26.7 Å². The van der Waals surface area contributed by atoms with Gasteiger partial charge in [0.2, 0.25) is 0 Å². The molecule has 0 aliphatic heterocycles.